The van der Waals surface area contributed by atoms with Gasteiger partial charge in [-0.15, -0.1) is 0 Å². The summed E-state index contributed by atoms with van der Waals surface area (Å²) in [6, 6.07) is 17.9. The molecule has 37 heavy (non-hydrogen) atoms. The van der Waals surface area contributed by atoms with Gasteiger partial charge in [-0.3, -0.25) is 18.7 Å². The Labute approximate surface area is 212 Å². The number of carbonyl (C=O) groups excluding carboxylic acids is 1. The van der Waals surface area contributed by atoms with Crippen LogP contribution >= 0.6 is 0 Å². The third kappa shape index (κ3) is 4.88. The Kier molecular flexibility index (Phi) is 6.83. The highest BCUT2D eigenvalue weighted by Crippen LogP contribution is 2.19. The second kappa shape index (κ2) is 10.2. The normalized spacial score (nSPS) is 14.6. The first-order valence-corrected chi connectivity index (χ1v) is 13.1. The number of ketones is 1. The van der Waals surface area contributed by atoms with Crippen LogP contribution < -0.4 is 11.2 Å². The van der Waals surface area contributed by atoms with Crippen LogP contribution in [0.2, 0.25) is 0 Å². The number of ether oxygens (including phenoxy) is 1. The minimum Gasteiger partial charge on any atom is -0.379 e. The Hall–Kier alpha value is -3.93. The summed E-state index contributed by atoms with van der Waals surface area (Å²) in [6.45, 7) is 0.709. The van der Waals surface area contributed by atoms with Gasteiger partial charge in [-0.05, 0) is 29.8 Å². The van der Waals surface area contributed by atoms with Gasteiger partial charge in [-0.1, -0.05) is 42.5 Å². The van der Waals surface area contributed by atoms with Crippen LogP contribution in [0.5, 0.6) is 0 Å². The predicted octanol–water partition coefficient (Wildman–Crippen LogP) is 1.51. The fourth-order valence-electron chi connectivity index (χ4n) is 4.30. The summed E-state index contributed by atoms with van der Waals surface area (Å²) < 4.78 is 34.9. The van der Waals surface area contributed by atoms with Crippen molar-refractivity contribution in [2.45, 2.75) is 18.0 Å². The number of hydrogen-bond donors (Lipinski definition) is 0. The minimum atomic E-state index is -3.80. The molecule has 190 valence electrons. The number of Topliss-reactive ketones (excluding diaryl/α,β-unsaturated/α-hetero) is 1. The number of fused-ring (bicyclic) bond motifs is 1. The maximum Gasteiger partial charge on any atom is 0.332 e. The third-order valence-electron chi connectivity index (χ3n) is 6.24. The number of carbonyl (C=O) groups is 1. The summed E-state index contributed by atoms with van der Waals surface area (Å²) in [4.78, 5) is 44.0. The number of sulfonamides is 1. The monoisotopic (exact) mass is 520 g/mol. The molecule has 0 saturated carbocycles. The number of hydrogen-bond acceptors (Lipinski definition) is 7. The van der Waals surface area contributed by atoms with E-state index in [1.165, 1.54) is 39.3 Å². The van der Waals surface area contributed by atoms with E-state index in [0.29, 0.717) is 13.2 Å². The summed E-state index contributed by atoms with van der Waals surface area (Å²) in [5.41, 5.74) is -0.0248. The van der Waals surface area contributed by atoms with Crippen molar-refractivity contribution in [2.75, 3.05) is 26.3 Å². The summed E-state index contributed by atoms with van der Waals surface area (Å²) in [5.74, 6) is -0.476. The van der Waals surface area contributed by atoms with E-state index >= 15 is 0 Å². The van der Waals surface area contributed by atoms with Crippen molar-refractivity contribution in [1.29, 1.82) is 0 Å². The highest BCUT2D eigenvalue weighted by Gasteiger charge is 2.27. The largest absolute Gasteiger partial charge is 0.379 e. The van der Waals surface area contributed by atoms with Gasteiger partial charge in [-0.2, -0.15) is 4.31 Å². The molecule has 0 bridgehead atoms. The first-order valence-electron chi connectivity index (χ1n) is 11.7. The standard InChI is InChI=1S/C26H24N4O6S/c31-23(20-8-4-9-21(16-20)37(34,35)28-12-14-36-15-13-28)18-29-22-10-5-11-27-24(22)25(32)30(26(29)33)17-19-6-2-1-3-7-19/h1-11,16H,12-15,17-18H2. The lowest BCUT2D eigenvalue weighted by molar-refractivity contribution is 0.0730. The first kappa shape index (κ1) is 24.8. The van der Waals surface area contributed by atoms with Crippen molar-refractivity contribution < 1.29 is 17.9 Å². The van der Waals surface area contributed by atoms with Crippen LogP contribution in [0.1, 0.15) is 15.9 Å². The molecule has 10 nitrogen and oxygen atoms in total. The second-order valence-electron chi connectivity index (χ2n) is 8.58. The Bertz CT molecular complexity index is 1690. The number of pyridine rings is 1. The fraction of sp³-hybridized carbons (Fsp3) is 0.231. The number of morpholine rings is 1. The maximum atomic E-state index is 13.4. The first-order chi connectivity index (χ1) is 17.9. The Balaban J connectivity index is 1.52. The van der Waals surface area contributed by atoms with E-state index in [2.05, 4.69) is 4.98 Å². The molecule has 1 fully saturated rings. The molecule has 5 rings (SSSR count). The van der Waals surface area contributed by atoms with Crippen molar-refractivity contribution >= 4 is 26.8 Å². The number of nitrogens with zero attached hydrogens (tertiary/aromatic N) is 4. The van der Waals surface area contributed by atoms with E-state index in [0.717, 1.165) is 10.1 Å². The van der Waals surface area contributed by atoms with Crippen LogP contribution in [0.15, 0.2) is 87.4 Å². The van der Waals surface area contributed by atoms with Crippen LogP contribution in [0.4, 0.5) is 0 Å². The van der Waals surface area contributed by atoms with Crippen LogP contribution in [-0.4, -0.2) is 58.9 Å². The predicted molar refractivity (Wildman–Crippen MR) is 136 cm³/mol. The molecule has 11 heteroatoms. The summed E-state index contributed by atoms with van der Waals surface area (Å²) in [5, 5.41) is 0. The van der Waals surface area contributed by atoms with E-state index < -0.39 is 33.6 Å². The van der Waals surface area contributed by atoms with E-state index in [1.54, 1.807) is 36.4 Å². The van der Waals surface area contributed by atoms with E-state index in [4.69, 9.17) is 4.74 Å². The Morgan fingerprint density at radius 1 is 0.919 bits per heavy atom. The number of benzene rings is 2. The molecule has 2 aromatic carbocycles. The molecule has 0 radical (unpaired) electrons. The van der Waals surface area contributed by atoms with Crippen LogP contribution in [0.25, 0.3) is 11.0 Å². The Morgan fingerprint density at radius 3 is 2.43 bits per heavy atom. The summed E-state index contributed by atoms with van der Waals surface area (Å²) in [6.07, 6.45) is 1.45. The van der Waals surface area contributed by atoms with Crippen LogP contribution in [-0.2, 0) is 27.8 Å². The van der Waals surface area contributed by atoms with Gasteiger partial charge in [0.05, 0.1) is 36.7 Å². The molecule has 0 unspecified atom stereocenters. The average molecular weight is 521 g/mol. The Morgan fingerprint density at radius 2 is 1.68 bits per heavy atom. The van der Waals surface area contributed by atoms with Gasteiger partial charge < -0.3 is 4.74 Å². The minimum absolute atomic E-state index is 0.00632. The molecule has 1 aliphatic heterocycles. The fourth-order valence-corrected chi connectivity index (χ4v) is 5.76. The molecule has 4 aromatic rings. The smallest absolute Gasteiger partial charge is 0.332 e. The van der Waals surface area contributed by atoms with Crippen molar-refractivity contribution in [1.82, 2.24) is 18.4 Å². The van der Waals surface area contributed by atoms with Gasteiger partial charge in [-0.25, -0.2) is 18.2 Å². The van der Waals surface area contributed by atoms with Gasteiger partial charge in [0.2, 0.25) is 10.0 Å². The van der Waals surface area contributed by atoms with Crippen LogP contribution in [0, 0.1) is 0 Å². The lowest BCUT2D eigenvalue weighted by Gasteiger charge is -2.26. The van der Waals surface area contributed by atoms with E-state index in [9.17, 15) is 22.8 Å². The highest BCUT2D eigenvalue weighted by atomic mass is 32.2. The molecule has 1 aliphatic rings. The van der Waals surface area contributed by atoms with Crippen LogP contribution in [0.3, 0.4) is 0 Å². The van der Waals surface area contributed by atoms with Crippen molar-refractivity contribution in [3.05, 3.63) is 105 Å². The van der Waals surface area contributed by atoms with Crippen molar-refractivity contribution in [2.24, 2.45) is 0 Å². The van der Waals surface area contributed by atoms with Crippen molar-refractivity contribution in [3.8, 4) is 0 Å². The molecule has 1 saturated heterocycles. The SMILES string of the molecule is O=C(Cn1c(=O)n(Cc2ccccc2)c(=O)c2ncccc21)c1cccc(S(=O)(=O)N2CCOCC2)c1. The highest BCUT2D eigenvalue weighted by molar-refractivity contribution is 7.89. The molecular weight excluding hydrogens is 496 g/mol. The van der Waals surface area contributed by atoms with Gasteiger partial charge in [0.15, 0.2) is 11.3 Å². The number of rotatable bonds is 7. The van der Waals surface area contributed by atoms with Gasteiger partial charge in [0.25, 0.3) is 5.56 Å². The summed E-state index contributed by atoms with van der Waals surface area (Å²) in [7, 11) is -3.80. The molecule has 0 aliphatic carbocycles. The lowest BCUT2D eigenvalue weighted by Crippen LogP contribution is -2.41. The van der Waals surface area contributed by atoms with Gasteiger partial charge in [0.1, 0.15) is 0 Å². The zero-order valence-electron chi connectivity index (χ0n) is 19.8. The molecule has 2 aromatic heterocycles. The summed E-state index contributed by atoms with van der Waals surface area (Å²) >= 11 is 0. The number of aromatic nitrogens is 3. The molecule has 0 amide bonds. The average Bonchev–Trinajstić information content (AvgIpc) is 2.94. The van der Waals surface area contributed by atoms with E-state index in [1.807, 2.05) is 6.07 Å². The molecule has 0 atom stereocenters. The topological polar surface area (TPSA) is 121 Å². The zero-order valence-corrected chi connectivity index (χ0v) is 20.6. The lowest BCUT2D eigenvalue weighted by atomic mass is 10.1. The van der Waals surface area contributed by atoms with E-state index in [-0.39, 0.29) is 41.1 Å². The van der Waals surface area contributed by atoms with Gasteiger partial charge in [0, 0.05) is 24.8 Å². The third-order valence-corrected chi connectivity index (χ3v) is 8.13. The van der Waals surface area contributed by atoms with Gasteiger partial charge >= 0.3 is 5.69 Å². The molecule has 0 N–H and O–H groups in total. The second-order valence-corrected chi connectivity index (χ2v) is 10.5. The maximum absolute atomic E-state index is 13.4. The molecular formula is C26H24N4O6S. The zero-order chi connectivity index (χ0) is 26.0. The van der Waals surface area contributed by atoms with Crippen molar-refractivity contribution in [3.63, 3.8) is 0 Å². The molecule has 3 heterocycles. The molecule has 0 spiro atoms. The quantitative estimate of drug-likeness (QED) is 0.339.